The molecule has 1 aromatic carbocycles. The smallest absolute Gasteiger partial charge is 0.255 e. The molecule has 0 spiro atoms. The van der Waals surface area contributed by atoms with Crippen molar-refractivity contribution in [2.75, 3.05) is 0 Å². The van der Waals surface area contributed by atoms with E-state index in [9.17, 15) is 18.4 Å². The lowest BCUT2D eigenvalue weighted by Gasteiger charge is -2.35. The standard InChI is InChI=1S/C15H10BrClF3N3O/c1-23-14(9(16)6-22-23)12-8(5-21)11(2-10(17)13(12)18)24-7-3-15(19,20)4-7/h2,6-7H,3-4H2,1H3. The van der Waals surface area contributed by atoms with Gasteiger partial charge in [-0.3, -0.25) is 4.68 Å². The third-order valence-electron chi connectivity index (χ3n) is 3.77. The van der Waals surface area contributed by atoms with Gasteiger partial charge in [-0.25, -0.2) is 13.2 Å². The first-order chi connectivity index (χ1) is 11.2. The van der Waals surface area contributed by atoms with Crippen LogP contribution in [0.4, 0.5) is 13.2 Å². The Labute approximate surface area is 148 Å². The Morgan fingerprint density at radius 3 is 2.67 bits per heavy atom. The number of hydrogen-bond acceptors (Lipinski definition) is 3. The molecule has 0 aliphatic heterocycles. The van der Waals surface area contributed by atoms with E-state index in [1.807, 2.05) is 6.07 Å². The normalized spacial score (nSPS) is 16.5. The highest BCUT2D eigenvalue weighted by atomic mass is 79.9. The summed E-state index contributed by atoms with van der Waals surface area (Å²) in [7, 11) is 1.58. The molecule has 0 N–H and O–H groups in total. The molecule has 1 saturated carbocycles. The summed E-state index contributed by atoms with van der Waals surface area (Å²) in [6, 6.07) is 3.01. The van der Waals surface area contributed by atoms with E-state index >= 15 is 0 Å². The number of alkyl halides is 2. The van der Waals surface area contributed by atoms with Crippen LogP contribution in [0.1, 0.15) is 18.4 Å². The Balaban J connectivity index is 2.11. The fourth-order valence-electron chi connectivity index (χ4n) is 2.59. The van der Waals surface area contributed by atoms with Crippen molar-refractivity contribution in [1.29, 1.82) is 5.26 Å². The van der Waals surface area contributed by atoms with Crippen molar-refractivity contribution in [2.45, 2.75) is 24.9 Å². The number of ether oxygens (including phenoxy) is 1. The van der Waals surface area contributed by atoms with E-state index in [2.05, 4.69) is 21.0 Å². The molecule has 9 heteroatoms. The molecule has 1 aromatic heterocycles. The number of rotatable bonds is 3. The van der Waals surface area contributed by atoms with Gasteiger partial charge in [0.1, 0.15) is 23.5 Å². The molecule has 4 nitrogen and oxygen atoms in total. The molecule has 3 rings (SSSR count). The van der Waals surface area contributed by atoms with Gasteiger partial charge in [0.05, 0.1) is 26.9 Å². The van der Waals surface area contributed by atoms with Crippen LogP contribution in [-0.4, -0.2) is 21.8 Å². The third kappa shape index (κ3) is 2.87. The van der Waals surface area contributed by atoms with Gasteiger partial charge < -0.3 is 4.74 Å². The van der Waals surface area contributed by atoms with Gasteiger partial charge in [-0.15, -0.1) is 0 Å². The van der Waals surface area contributed by atoms with E-state index in [4.69, 9.17) is 16.3 Å². The summed E-state index contributed by atoms with van der Waals surface area (Å²) in [5.41, 5.74) is 0.102. The quantitative estimate of drug-likeness (QED) is 0.724. The first kappa shape index (κ1) is 17.1. The maximum atomic E-state index is 14.6. The van der Waals surface area contributed by atoms with Crippen molar-refractivity contribution in [3.05, 3.63) is 33.1 Å². The molecule has 2 aromatic rings. The Morgan fingerprint density at radius 2 is 2.17 bits per heavy atom. The predicted octanol–water partition coefficient (Wildman–Crippen LogP) is 4.69. The topological polar surface area (TPSA) is 50.8 Å². The molecular weight excluding hydrogens is 411 g/mol. The van der Waals surface area contributed by atoms with E-state index in [-0.39, 0.29) is 21.9 Å². The summed E-state index contributed by atoms with van der Waals surface area (Å²) in [6.45, 7) is 0. The van der Waals surface area contributed by atoms with E-state index < -0.39 is 30.7 Å². The van der Waals surface area contributed by atoms with Crippen molar-refractivity contribution in [3.8, 4) is 23.1 Å². The number of halogens is 5. The molecule has 1 aliphatic carbocycles. The van der Waals surface area contributed by atoms with Crippen LogP contribution in [0.2, 0.25) is 5.02 Å². The number of aromatic nitrogens is 2. The number of aryl methyl sites for hydroxylation is 1. The minimum absolute atomic E-state index is 0.0208. The molecule has 0 saturated heterocycles. The van der Waals surface area contributed by atoms with E-state index in [0.29, 0.717) is 10.2 Å². The molecule has 1 fully saturated rings. The molecule has 0 radical (unpaired) electrons. The van der Waals surface area contributed by atoms with Gasteiger partial charge in [-0.1, -0.05) is 11.6 Å². The summed E-state index contributed by atoms with van der Waals surface area (Å²) in [6.07, 6.45) is -0.185. The van der Waals surface area contributed by atoms with Crippen molar-refractivity contribution in [2.24, 2.45) is 7.05 Å². The zero-order chi connectivity index (χ0) is 17.6. The zero-order valence-electron chi connectivity index (χ0n) is 12.3. The third-order valence-corrected chi connectivity index (χ3v) is 4.63. The lowest BCUT2D eigenvalue weighted by Crippen LogP contribution is -2.43. The van der Waals surface area contributed by atoms with Gasteiger partial charge in [0.15, 0.2) is 5.82 Å². The molecule has 0 atom stereocenters. The second-order valence-corrected chi connectivity index (χ2v) is 6.76. The molecule has 0 amide bonds. The monoisotopic (exact) mass is 419 g/mol. The maximum absolute atomic E-state index is 14.6. The van der Waals surface area contributed by atoms with Crippen molar-refractivity contribution < 1.29 is 17.9 Å². The van der Waals surface area contributed by atoms with Gasteiger partial charge >= 0.3 is 0 Å². The van der Waals surface area contributed by atoms with Crippen molar-refractivity contribution >= 4 is 27.5 Å². The lowest BCUT2D eigenvalue weighted by molar-refractivity contribution is -0.134. The summed E-state index contributed by atoms with van der Waals surface area (Å²) in [5.74, 6) is -3.59. The summed E-state index contributed by atoms with van der Waals surface area (Å²) in [4.78, 5) is 0. The predicted molar refractivity (Wildman–Crippen MR) is 84.6 cm³/mol. The maximum Gasteiger partial charge on any atom is 0.255 e. The van der Waals surface area contributed by atoms with Gasteiger partial charge in [0.25, 0.3) is 5.92 Å². The van der Waals surface area contributed by atoms with Gasteiger partial charge in [-0.05, 0) is 15.9 Å². The average molecular weight is 421 g/mol. The molecule has 0 bridgehead atoms. The van der Waals surface area contributed by atoms with Crippen LogP contribution in [0.5, 0.6) is 5.75 Å². The second kappa shape index (κ2) is 5.97. The van der Waals surface area contributed by atoms with E-state index in [0.717, 1.165) is 6.07 Å². The van der Waals surface area contributed by atoms with Gasteiger partial charge in [0.2, 0.25) is 0 Å². The van der Waals surface area contributed by atoms with Crippen LogP contribution in [0, 0.1) is 17.1 Å². The zero-order valence-corrected chi connectivity index (χ0v) is 14.6. The van der Waals surface area contributed by atoms with Crippen molar-refractivity contribution in [1.82, 2.24) is 9.78 Å². The summed E-state index contributed by atoms with van der Waals surface area (Å²) >= 11 is 9.16. The molecular formula is C15H10BrClF3N3O. The summed E-state index contributed by atoms with van der Waals surface area (Å²) < 4.78 is 47.8. The van der Waals surface area contributed by atoms with Crippen LogP contribution in [0.25, 0.3) is 11.3 Å². The second-order valence-electron chi connectivity index (χ2n) is 5.50. The SMILES string of the molecule is Cn1ncc(Br)c1-c1c(F)c(Cl)cc(OC2CC(F)(F)C2)c1C#N. The minimum Gasteiger partial charge on any atom is -0.488 e. The molecule has 126 valence electrons. The first-order valence-corrected chi connectivity index (χ1v) is 8.05. The largest absolute Gasteiger partial charge is 0.488 e. The highest BCUT2D eigenvalue weighted by Crippen LogP contribution is 2.44. The fraction of sp³-hybridized carbons (Fsp3) is 0.333. The Morgan fingerprint density at radius 1 is 1.50 bits per heavy atom. The van der Waals surface area contributed by atoms with Crippen molar-refractivity contribution in [3.63, 3.8) is 0 Å². The molecule has 1 aliphatic rings. The van der Waals surface area contributed by atoms with Crippen LogP contribution in [0.15, 0.2) is 16.7 Å². The number of nitriles is 1. The summed E-state index contributed by atoms with van der Waals surface area (Å²) in [5, 5.41) is 13.2. The van der Waals surface area contributed by atoms with E-state index in [1.54, 1.807) is 7.05 Å². The highest BCUT2D eigenvalue weighted by molar-refractivity contribution is 9.10. The van der Waals surface area contributed by atoms with E-state index in [1.165, 1.54) is 10.9 Å². The van der Waals surface area contributed by atoms with Crippen LogP contribution < -0.4 is 4.74 Å². The lowest BCUT2D eigenvalue weighted by atomic mass is 9.90. The van der Waals surface area contributed by atoms with Crippen LogP contribution in [-0.2, 0) is 7.05 Å². The average Bonchev–Trinajstić information content (AvgIpc) is 2.80. The minimum atomic E-state index is -2.77. The van der Waals surface area contributed by atoms with Crippen LogP contribution in [0.3, 0.4) is 0 Å². The first-order valence-electron chi connectivity index (χ1n) is 6.88. The Bertz CT molecular complexity index is 835. The molecule has 0 unspecified atom stereocenters. The molecule has 1 heterocycles. The fourth-order valence-corrected chi connectivity index (χ4v) is 3.33. The highest BCUT2D eigenvalue weighted by Gasteiger charge is 2.47. The molecule has 24 heavy (non-hydrogen) atoms. The van der Waals surface area contributed by atoms with Crippen LogP contribution >= 0.6 is 27.5 Å². The Kier molecular flexibility index (Phi) is 4.26. The number of nitrogens with zero attached hydrogens (tertiary/aromatic N) is 3. The Hall–Kier alpha value is -1.72. The number of benzene rings is 1. The number of hydrogen-bond donors (Lipinski definition) is 0. The van der Waals surface area contributed by atoms with Gasteiger partial charge in [-0.2, -0.15) is 10.4 Å². The van der Waals surface area contributed by atoms with Gasteiger partial charge in [0, 0.05) is 26.0 Å².